The normalized spacial score (nSPS) is 20.2. The van der Waals surface area contributed by atoms with Crippen LogP contribution in [0.2, 0.25) is 0 Å². The van der Waals surface area contributed by atoms with Crippen molar-refractivity contribution in [2.45, 2.75) is 31.8 Å². The summed E-state index contributed by atoms with van der Waals surface area (Å²) in [4.78, 5) is 25.3. The molecule has 1 saturated heterocycles. The maximum atomic E-state index is 12.9. The van der Waals surface area contributed by atoms with Crippen molar-refractivity contribution in [3.05, 3.63) is 60.1 Å². The van der Waals surface area contributed by atoms with E-state index in [0.29, 0.717) is 12.3 Å². The fraction of sp³-hybridized carbons (Fsp3) is 0.400. The number of benzene rings is 1. The van der Waals surface area contributed by atoms with Crippen molar-refractivity contribution >= 4 is 24.2 Å². The van der Waals surface area contributed by atoms with Gasteiger partial charge in [-0.25, -0.2) is 0 Å². The van der Waals surface area contributed by atoms with Gasteiger partial charge in [0.15, 0.2) is 5.76 Å². The van der Waals surface area contributed by atoms with Crippen LogP contribution in [-0.2, 0) is 11.2 Å². The molecular weight excluding hydrogens is 366 g/mol. The third kappa shape index (κ3) is 5.84. The fourth-order valence-corrected chi connectivity index (χ4v) is 3.21. The van der Waals surface area contributed by atoms with Gasteiger partial charge in [-0.15, -0.1) is 12.4 Å². The van der Waals surface area contributed by atoms with Crippen molar-refractivity contribution in [1.29, 1.82) is 0 Å². The Bertz CT molecular complexity index is 721. The first-order valence-corrected chi connectivity index (χ1v) is 9.03. The summed E-state index contributed by atoms with van der Waals surface area (Å²) in [5.41, 5.74) is 0.991. The Morgan fingerprint density at radius 2 is 2.00 bits per heavy atom. The van der Waals surface area contributed by atoms with Gasteiger partial charge in [0.25, 0.3) is 5.91 Å². The van der Waals surface area contributed by atoms with Gasteiger partial charge >= 0.3 is 0 Å². The topological polar surface area (TPSA) is 83.4 Å². The van der Waals surface area contributed by atoms with E-state index in [2.05, 4.69) is 22.9 Å². The summed E-state index contributed by atoms with van der Waals surface area (Å²) in [7, 11) is 0. The van der Waals surface area contributed by atoms with E-state index < -0.39 is 6.04 Å². The number of carbonyl (C=O) groups excluding carboxylic acids is 2. The summed E-state index contributed by atoms with van der Waals surface area (Å²) >= 11 is 0. The molecule has 0 spiro atoms. The molecule has 1 aromatic carbocycles. The molecule has 3 N–H and O–H groups in total. The van der Waals surface area contributed by atoms with Gasteiger partial charge in [-0.2, -0.15) is 0 Å². The Balaban J connectivity index is 0.00000261. The highest BCUT2D eigenvalue weighted by Gasteiger charge is 2.28. The van der Waals surface area contributed by atoms with Crippen LogP contribution in [0.4, 0.5) is 0 Å². The minimum atomic E-state index is -0.655. The highest BCUT2D eigenvalue weighted by atomic mass is 35.5. The van der Waals surface area contributed by atoms with E-state index in [1.54, 1.807) is 12.1 Å². The summed E-state index contributed by atoms with van der Waals surface area (Å²) in [5, 5.41) is 9.25. The number of piperidine rings is 1. The number of nitrogens with one attached hydrogen (secondary N) is 3. The lowest BCUT2D eigenvalue weighted by Crippen LogP contribution is -2.55. The standard InChI is InChI=1S/C20H25N3O3.ClH/c1-14-13-21-10-9-16(14)22-19(24)17(12-15-6-3-2-4-7-15)23-20(25)18-8-5-11-26-18;/h2-8,11,14,16-17,21H,9-10,12-13H2,1H3,(H,22,24)(H,23,25);1H. The van der Waals surface area contributed by atoms with Gasteiger partial charge in [0.2, 0.25) is 5.91 Å². The van der Waals surface area contributed by atoms with E-state index in [1.807, 2.05) is 30.3 Å². The number of rotatable bonds is 6. The van der Waals surface area contributed by atoms with Crippen LogP contribution in [0.3, 0.4) is 0 Å². The first-order valence-electron chi connectivity index (χ1n) is 9.03. The Morgan fingerprint density at radius 1 is 1.22 bits per heavy atom. The van der Waals surface area contributed by atoms with Crippen LogP contribution in [-0.4, -0.2) is 37.0 Å². The number of halogens is 1. The van der Waals surface area contributed by atoms with Gasteiger partial charge < -0.3 is 20.4 Å². The molecule has 0 saturated carbocycles. The summed E-state index contributed by atoms with van der Waals surface area (Å²) < 4.78 is 5.14. The Hall–Kier alpha value is -2.31. The lowest BCUT2D eigenvalue weighted by Gasteiger charge is -2.31. The van der Waals surface area contributed by atoms with E-state index in [0.717, 1.165) is 25.1 Å². The number of hydrogen-bond donors (Lipinski definition) is 3. The molecule has 1 fully saturated rings. The van der Waals surface area contributed by atoms with Crippen molar-refractivity contribution < 1.29 is 14.0 Å². The summed E-state index contributed by atoms with van der Waals surface area (Å²) in [5.74, 6) is 0.00824. The second-order valence-electron chi connectivity index (χ2n) is 6.78. The molecule has 3 atom stereocenters. The van der Waals surface area contributed by atoms with Crippen LogP contribution >= 0.6 is 12.4 Å². The van der Waals surface area contributed by atoms with Crippen molar-refractivity contribution in [2.24, 2.45) is 5.92 Å². The third-order valence-corrected chi connectivity index (χ3v) is 4.76. The fourth-order valence-electron chi connectivity index (χ4n) is 3.21. The van der Waals surface area contributed by atoms with Gasteiger partial charge in [0.1, 0.15) is 6.04 Å². The molecule has 2 heterocycles. The maximum Gasteiger partial charge on any atom is 0.287 e. The van der Waals surface area contributed by atoms with E-state index in [1.165, 1.54) is 6.26 Å². The number of hydrogen-bond acceptors (Lipinski definition) is 4. The van der Waals surface area contributed by atoms with Crippen LogP contribution in [0.25, 0.3) is 0 Å². The second kappa shape index (κ2) is 10.1. The first kappa shape index (κ1) is 21.0. The molecule has 0 radical (unpaired) electrons. The summed E-state index contributed by atoms with van der Waals surface area (Å²) in [6.07, 6.45) is 2.76. The summed E-state index contributed by atoms with van der Waals surface area (Å²) in [6, 6.07) is 12.4. The molecule has 0 aliphatic carbocycles. The minimum Gasteiger partial charge on any atom is -0.459 e. The Morgan fingerprint density at radius 3 is 2.67 bits per heavy atom. The van der Waals surface area contributed by atoms with Crippen molar-refractivity contribution in [3.63, 3.8) is 0 Å². The molecule has 6 nitrogen and oxygen atoms in total. The van der Waals surface area contributed by atoms with Crippen LogP contribution < -0.4 is 16.0 Å². The minimum absolute atomic E-state index is 0. The van der Waals surface area contributed by atoms with E-state index in [-0.39, 0.29) is 36.0 Å². The van der Waals surface area contributed by atoms with Crippen molar-refractivity contribution in [2.75, 3.05) is 13.1 Å². The monoisotopic (exact) mass is 391 g/mol. The molecular formula is C20H26ClN3O3. The molecule has 3 rings (SSSR count). The van der Waals surface area contributed by atoms with Crippen molar-refractivity contribution in [1.82, 2.24) is 16.0 Å². The summed E-state index contributed by atoms with van der Waals surface area (Å²) in [6.45, 7) is 3.88. The van der Waals surface area contributed by atoms with E-state index in [4.69, 9.17) is 4.42 Å². The molecule has 3 unspecified atom stereocenters. The molecule has 2 aromatic rings. The zero-order chi connectivity index (χ0) is 18.4. The van der Waals surface area contributed by atoms with Gasteiger partial charge in [-0.3, -0.25) is 9.59 Å². The maximum absolute atomic E-state index is 12.9. The zero-order valence-corrected chi connectivity index (χ0v) is 16.1. The second-order valence-corrected chi connectivity index (χ2v) is 6.78. The van der Waals surface area contributed by atoms with Gasteiger partial charge in [0.05, 0.1) is 6.26 Å². The highest BCUT2D eigenvalue weighted by Crippen LogP contribution is 2.12. The average Bonchev–Trinajstić information content (AvgIpc) is 3.19. The van der Waals surface area contributed by atoms with Gasteiger partial charge in [-0.05, 0) is 43.1 Å². The van der Waals surface area contributed by atoms with Crippen LogP contribution in [0.5, 0.6) is 0 Å². The Kier molecular flexibility index (Phi) is 7.88. The number of amides is 2. The molecule has 1 aromatic heterocycles. The SMILES string of the molecule is CC1CNCCC1NC(=O)C(Cc1ccccc1)NC(=O)c1ccco1.Cl. The van der Waals surface area contributed by atoms with Crippen molar-refractivity contribution in [3.8, 4) is 0 Å². The predicted octanol–water partition coefficient (Wildman–Crippen LogP) is 2.16. The third-order valence-electron chi connectivity index (χ3n) is 4.76. The highest BCUT2D eigenvalue weighted by molar-refractivity contribution is 5.95. The van der Waals surface area contributed by atoms with Gasteiger partial charge in [0, 0.05) is 12.5 Å². The lowest BCUT2D eigenvalue weighted by atomic mass is 9.94. The predicted molar refractivity (Wildman–Crippen MR) is 106 cm³/mol. The largest absolute Gasteiger partial charge is 0.459 e. The van der Waals surface area contributed by atoms with E-state index in [9.17, 15) is 9.59 Å². The van der Waals surface area contributed by atoms with E-state index >= 15 is 0 Å². The lowest BCUT2D eigenvalue weighted by molar-refractivity contribution is -0.124. The molecule has 1 aliphatic heterocycles. The molecule has 7 heteroatoms. The molecule has 27 heavy (non-hydrogen) atoms. The molecule has 1 aliphatic rings. The average molecular weight is 392 g/mol. The Labute approximate surface area is 165 Å². The van der Waals surface area contributed by atoms with Gasteiger partial charge in [-0.1, -0.05) is 37.3 Å². The van der Waals surface area contributed by atoms with Crippen LogP contribution in [0, 0.1) is 5.92 Å². The molecule has 2 amide bonds. The smallest absolute Gasteiger partial charge is 0.287 e. The molecule has 0 bridgehead atoms. The number of carbonyl (C=O) groups is 2. The zero-order valence-electron chi connectivity index (χ0n) is 15.3. The quantitative estimate of drug-likeness (QED) is 0.704. The van der Waals surface area contributed by atoms with Crippen LogP contribution in [0.15, 0.2) is 53.1 Å². The molecule has 146 valence electrons. The number of furan rings is 1. The first-order chi connectivity index (χ1) is 12.6. The van der Waals surface area contributed by atoms with Crippen LogP contribution in [0.1, 0.15) is 29.5 Å².